The van der Waals surface area contributed by atoms with Crippen molar-refractivity contribution in [3.63, 3.8) is 0 Å². The first-order valence-electron chi connectivity index (χ1n) is 11.7. The van der Waals surface area contributed by atoms with Crippen LogP contribution in [-0.4, -0.2) is 57.0 Å². The monoisotopic (exact) mass is 530 g/mol. The average molecular weight is 531 g/mol. The van der Waals surface area contributed by atoms with E-state index in [-0.39, 0.29) is 4.90 Å². The fourth-order valence-electron chi connectivity index (χ4n) is 4.48. The molecule has 194 valence electrons. The third kappa shape index (κ3) is 7.24. The largest absolute Gasteiger partial charge is 0.299 e. The van der Waals surface area contributed by atoms with Crippen LogP contribution in [0.5, 0.6) is 0 Å². The number of nitrogens with zero attached hydrogens (tertiary/aromatic N) is 2. The minimum Gasteiger partial charge on any atom is -0.299 e. The van der Waals surface area contributed by atoms with E-state index in [1.54, 1.807) is 23.5 Å². The van der Waals surface area contributed by atoms with Crippen molar-refractivity contribution in [2.24, 2.45) is 0 Å². The van der Waals surface area contributed by atoms with E-state index >= 15 is 0 Å². The van der Waals surface area contributed by atoms with Crippen molar-refractivity contribution in [1.29, 1.82) is 0 Å². The Morgan fingerprint density at radius 2 is 1.33 bits per heavy atom. The van der Waals surface area contributed by atoms with Crippen LogP contribution in [0.15, 0.2) is 89.8 Å². The maximum atomic E-state index is 12.3. The SMILES string of the molecule is CN(C1(c2ccccc2)CCN(Cc2ccccc2)CC1)S(C)(=O)=O.Cc1ccc(S(=O)(=O)O)cc1. The second-order valence-electron chi connectivity index (χ2n) is 9.18. The van der Waals surface area contributed by atoms with Crippen LogP contribution in [0.4, 0.5) is 0 Å². The van der Waals surface area contributed by atoms with Gasteiger partial charge in [0.15, 0.2) is 0 Å². The summed E-state index contributed by atoms with van der Waals surface area (Å²) in [7, 11) is -5.57. The van der Waals surface area contributed by atoms with Gasteiger partial charge in [-0.05, 0) is 43.0 Å². The van der Waals surface area contributed by atoms with E-state index in [0.29, 0.717) is 0 Å². The minimum absolute atomic E-state index is 0.0666. The Morgan fingerprint density at radius 1 is 0.833 bits per heavy atom. The van der Waals surface area contributed by atoms with E-state index < -0.39 is 25.7 Å². The Hall–Kier alpha value is -2.56. The lowest BCUT2D eigenvalue weighted by molar-refractivity contribution is 0.0842. The number of rotatable bonds is 6. The molecule has 1 aliphatic rings. The first-order valence-corrected chi connectivity index (χ1v) is 15.0. The standard InChI is InChI=1S/C20H26N2O2S.C7H8O3S/c1-21(25(2,23)24)20(19-11-7-4-8-12-19)13-15-22(16-14-20)17-18-9-5-3-6-10-18;1-6-2-4-7(5-3-6)11(8,9)10/h3-12H,13-17H2,1-2H3;2-5H,1H3,(H,8,9,10). The number of hydrogen-bond donors (Lipinski definition) is 1. The van der Waals surface area contributed by atoms with Gasteiger partial charge in [-0.25, -0.2) is 8.42 Å². The molecule has 1 heterocycles. The molecule has 4 rings (SSSR count). The predicted octanol–water partition coefficient (Wildman–Crippen LogP) is 4.31. The molecule has 0 aromatic heterocycles. The number of aryl methyl sites for hydroxylation is 1. The molecule has 0 amide bonds. The first kappa shape index (κ1) is 28.0. The van der Waals surface area contributed by atoms with Crippen LogP contribution >= 0.6 is 0 Å². The zero-order valence-corrected chi connectivity index (χ0v) is 22.5. The summed E-state index contributed by atoms with van der Waals surface area (Å²) in [5.41, 5.74) is 2.88. The summed E-state index contributed by atoms with van der Waals surface area (Å²) in [6.07, 6.45) is 2.90. The molecule has 9 heteroatoms. The fraction of sp³-hybridized carbons (Fsp3) is 0.333. The molecule has 7 nitrogen and oxygen atoms in total. The number of likely N-dealkylation sites (tertiary alicyclic amines) is 1. The number of benzene rings is 3. The third-order valence-electron chi connectivity index (χ3n) is 6.66. The summed E-state index contributed by atoms with van der Waals surface area (Å²) in [6.45, 7) is 4.51. The second kappa shape index (κ2) is 11.7. The van der Waals surface area contributed by atoms with Gasteiger partial charge in [-0.3, -0.25) is 9.45 Å². The lowest BCUT2D eigenvalue weighted by atomic mass is 9.81. The van der Waals surface area contributed by atoms with Gasteiger partial charge >= 0.3 is 0 Å². The normalized spacial score (nSPS) is 16.2. The molecule has 1 N–H and O–H groups in total. The first-order chi connectivity index (χ1) is 16.9. The van der Waals surface area contributed by atoms with Crippen molar-refractivity contribution in [1.82, 2.24) is 9.21 Å². The van der Waals surface area contributed by atoms with Crippen LogP contribution in [0.3, 0.4) is 0 Å². The summed E-state index contributed by atoms with van der Waals surface area (Å²) < 4.78 is 55.7. The van der Waals surface area contributed by atoms with Gasteiger partial charge in [0.1, 0.15) is 0 Å². The predicted molar refractivity (Wildman–Crippen MR) is 143 cm³/mol. The van der Waals surface area contributed by atoms with Gasteiger partial charge in [-0.1, -0.05) is 78.4 Å². The van der Waals surface area contributed by atoms with Crippen LogP contribution in [-0.2, 0) is 32.2 Å². The van der Waals surface area contributed by atoms with Crippen LogP contribution in [0.1, 0.15) is 29.5 Å². The van der Waals surface area contributed by atoms with Gasteiger partial charge in [-0.2, -0.15) is 12.7 Å². The molecule has 0 bridgehead atoms. The minimum atomic E-state index is -4.02. The van der Waals surface area contributed by atoms with E-state index in [0.717, 1.165) is 43.6 Å². The number of piperidine rings is 1. The average Bonchev–Trinajstić information content (AvgIpc) is 2.85. The zero-order chi connectivity index (χ0) is 26.4. The van der Waals surface area contributed by atoms with Gasteiger partial charge in [0.2, 0.25) is 10.0 Å². The molecule has 0 saturated carbocycles. The Morgan fingerprint density at radius 3 is 1.81 bits per heavy atom. The highest BCUT2D eigenvalue weighted by Gasteiger charge is 2.43. The second-order valence-corrected chi connectivity index (χ2v) is 12.6. The van der Waals surface area contributed by atoms with E-state index in [4.69, 9.17) is 4.55 Å². The molecule has 0 spiro atoms. The van der Waals surface area contributed by atoms with E-state index in [1.165, 1.54) is 24.0 Å². The van der Waals surface area contributed by atoms with Crippen molar-refractivity contribution < 1.29 is 21.4 Å². The Kier molecular flexibility index (Phi) is 9.08. The van der Waals surface area contributed by atoms with Crippen molar-refractivity contribution in [3.8, 4) is 0 Å². The topological polar surface area (TPSA) is 95.0 Å². The van der Waals surface area contributed by atoms with Crippen molar-refractivity contribution >= 4 is 20.1 Å². The Labute approximate surface area is 215 Å². The Bertz CT molecular complexity index is 1320. The van der Waals surface area contributed by atoms with E-state index in [2.05, 4.69) is 41.3 Å². The van der Waals surface area contributed by atoms with E-state index in [9.17, 15) is 16.8 Å². The van der Waals surface area contributed by atoms with Crippen LogP contribution in [0.2, 0.25) is 0 Å². The number of sulfonamides is 1. The molecular formula is C27H34N2O5S2. The molecule has 1 fully saturated rings. The highest BCUT2D eigenvalue weighted by molar-refractivity contribution is 7.88. The van der Waals surface area contributed by atoms with Gasteiger partial charge in [-0.15, -0.1) is 0 Å². The smallest absolute Gasteiger partial charge is 0.294 e. The van der Waals surface area contributed by atoms with Crippen molar-refractivity contribution in [2.75, 3.05) is 26.4 Å². The summed E-state index contributed by atoms with van der Waals surface area (Å²) in [6, 6.07) is 26.5. The summed E-state index contributed by atoms with van der Waals surface area (Å²) in [4.78, 5) is 2.34. The van der Waals surface area contributed by atoms with Gasteiger partial charge in [0.05, 0.1) is 16.7 Å². The van der Waals surface area contributed by atoms with Crippen molar-refractivity contribution in [2.45, 2.75) is 36.7 Å². The third-order valence-corrected chi connectivity index (χ3v) is 8.87. The molecule has 0 radical (unpaired) electrons. The number of hydrogen-bond acceptors (Lipinski definition) is 5. The summed E-state index contributed by atoms with van der Waals surface area (Å²) in [5.74, 6) is 0. The maximum Gasteiger partial charge on any atom is 0.294 e. The lowest BCUT2D eigenvalue weighted by Crippen LogP contribution is -2.53. The molecule has 1 saturated heterocycles. The van der Waals surface area contributed by atoms with Crippen LogP contribution < -0.4 is 0 Å². The maximum absolute atomic E-state index is 12.3. The van der Waals surface area contributed by atoms with Crippen LogP contribution in [0.25, 0.3) is 0 Å². The zero-order valence-electron chi connectivity index (χ0n) is 20.9. The molecule has 0 atom stereocenters. The Balaban J connectivity index is 0.000000275. The fourth-order valence-corrected chi connectivity index (χ4v) is 5.89. The lowest BCUT2D eigenvalue weighted by Gasteiger charge is -2.46. The van der Waals surface area contributed by atoms with Crippen LogP contribution in [0, 0.1) is 6.92 Å². The summed E-state index contributed by atoms with van der Waals surface area (Å²) >= 11 is 0. The highest BCUT2D eigenvalue weighted by atomic mass is 32.2. The molecular weight excluding hydrogens is 496 g/mol. The quantitative estimate of drug-likeness (QED) is 0.477. The van der Waals surface area contributed by atoms with E-state index in [1.807, 2.05) is 31.2 Å². The highest BCUT2D eigenvalue weighted by Crippen LogP contribution is 2.39. The molecule has 0 aliphatic carbocycles. The molecule has 3 aromatic rings. The van der Waals surface area contributed by atoms with Gasteiger partial charge < -0.3 is 0 Å². The molecule has 1 aliphatic heterocycles. The van der Waals surface area contributed by atoms with Crippen molar-refractivity contribution in [3.05, 3.63) is 102 Å². The van der Waals surface area contributed by atoms with Gasteiger partial charge in [0.25, 0.3) is 10.1 Å². The summed E-state index contributed by atoms with van der Waals surface area (Å²) in [5, 5.41) is 0. The molecule has 0 unspecified atom stereocenters. The molecule has 3 aromatic carbocycles. The molecule has 36 heavy (non-hydrogen) atoms. The van der Waals surface area contributed by atoms with Gasteiger partial charge in [0, 0.05) is 26.7 Å².